The number of ether oxygens (including phenoxy) is 1. The number of benzene rings is 1. The lowest BCUT2D eigenvalue weighted by Gasteiger charge is -2.24. The summed E-state index contributed by atoms with van der Waals surface area (Å²) < 4.78 is 5.20. The largest absolute Gasteiger partial charge is 0.494 e. The summed E-state index contributed by atoms with van der Waals surface area (Å²) in [5, 5.41) is 0. The normalized spacial score (nSPS) is 14.8. The third-order valence-corrected chi connectivity index (χ3v) is 2.83. The van der Waals surface area contributed by atoms with Crippen LogP contribution in [0.3, 0.4) is 0 Å². The van der Waals surface area contributed by atoms with Gasteiger partial charge in [0.1, 0.15) is 0 Å². The Hall–Kier alpha value is -1.97. The highest BCUT2D eigenvalue weighted by Gasteiger charge is 2.20. The Morgan fingerprint density at radius 1 is 1.41 bits per heavy atom. The zero-order valence-electron chi connectivity index (χ0n) is 9.85. The summed E-state index contributed by atoms with van der Waals surface area (Å²) in [5.41, 5.74) is 6.81. The van der Waals surface area contributed by atoms with Gasteiger partial charge in [0.2, 0.25) is 0 Å². The van der Waals surface area contributed by atoms with Gasteiger partial charge in [0.15, 0.2) is 5.75 Å². The van der Waals surface area contributed by atoms with Crippen molar-refractivity contribution in [1.82, 2.24) is 4.90 Å². The standard InChI is InChI=1S/C13H16N2O2/c1-17-12-10(6-5-7-11(12)14)13(16)15-8-3-2-4-9-15/h2-3,5-7H,4,8-9,14H2,1H3. The molecule has 0 saturated heterocycles. The number of carbonyl (C=O) groups is 1. The first-order valence-corrected chi connectivity index (χ1v) is 5.61. The van der Waals surface area contributed by atoms with Gasteiger partial charge in [0, 0.05) is 13.1 Å². The zero-order chi connectivity index (χ0) is 12.3. The third-order valence-electron chi connectivity index (χ3n) is 2.83. The van der Waals surface area contributed by atoms with Crippen LogP contribution in [0.4, 0.5) is 5.69 Å². The van der Waals surface area contributed by atoms with Gasteiger partial charge in [-0.05, 0) is 18.6 Å². The van der Waals surface area contributed by atoms with Crippen LogP contribution in [0.2, 0.25) is 0 Å². The molecule has 1 aromatic rings. The average molecular weight is 232 g/mol. The molecule has 2 N–H and O–H groups in total. The van der Waals surface area contributed by atoms with Gasteiger partial charge in [-0.2, -0.15) is 0 Å². The lowest BCUT2D eigenvalue weighted by Crippen LogP contribution is -2.34. The Morgan fingerprint density at radius 2 is 2.24 bits per heavy atom. The van der Waals surface area contributed by atoms with Gasteiger partial charge in [0.05, 0.1) is 18.4 Å². The lowest BCUT2D eigenvalue weighted by atomic mass is 10.1. The van der Waals surface area contributed by atoms with E-state index in [1.165, 1.54) is 7.11 Å². The van der Waals surface area contributed by atoms with Crippen LogP contribution in [0.25, 0.3) is 0 Å². The Bertz CT molecular complexity index is 455. The minimum absolute atomic E-state index is 0.0292. The molecule has 0 aromatic heterocycles. The van der Waals surface area contributed by atoms with Crippen molar-refractivity contribution in [2.75, 3.05) is 25.9 Å². The average Bonchev–Trinajstić information content (AvgIpc) is 2.38. The number of rotatable bonds is 2. The number of nitrogens with zero attached hydrogens (tertiary/aromatic N) is 1. The summed E-state index contributed by atoms with van der Waals surface area (Å²) in [6, 6.07) is 5.24. The van der Waals surface area contributed by atoms with Gasteiger partial charge < -0.3 is 15.4 Å². The summed E-state index contributed by atoms with van der Waals surface area (Å²) in [4.78, 5) is 14.1. The molecule has 0 bridgehead atoms. The quantitative estimate of drug-likeness (QED) is 0.623. The first kappa shape index (κ1) is 11.5. The van der Waals surface area contributed by atoms with Gasteiger partial charge in [-0.3, -0.25) is 4.79 Å². The van der Waals surface area contributed by atoms with Crippen molar-refractivity contribution in [3.05, 3.63) is 35.9 Å². The number of para-hydroxylation sites is 1. The Labute approximate surface area is 101 Å². The number of anilines is 1. The van der Waals surface area contributed by atoms with Crippen molar-refractivity contribution in [1.29, 1.82) is 0 Å². The molecule has 1 amide bonds. The van der Waals surface area contributed by atoms with Crippen LogP contribution in [-0.4, -0.2) is 31.0 Å². The summed E-state index contributed by atoms with van der Waals surface area (Å²) >= 11 is 0. The fourth-order valence-corrected chi connectivity index (χ4v) is 1.95. The van der Waals surface area contributed by atoms with E-state index >= 15 is 0 Å². The highest BCUT2D eigenvalue weighted by atomic mass is 16.5. The number of hydrogen-bond donors (Lipinski definition) is 1. The molecule has 90 valence electrons. The third kappa shape index (κ3) is 2.25. The van der Waals surface area contributed by atoms with Crippen LogP contribution in [0, 0.1) is 0 Å². The molecule has 0 saturated carbocycles. The van der Waals surface area contributed by atoms with E-state index in [4.69, 9.17) is 10.5 Å². The molecule has 0 unspecified atom stereocenters. The fraction of sp³-hybridized carbons (Fsp3) is 0.308. The lowest BCUT2D eigenvalue weighted by molar-refractivity contribution is 0.0768. The van der Waals surface area contributed by atoms with Crippen LogP contribution in [0.5, 0.6) is 5.75 Å². The first-order valence-electron chi connectivity index (χ1n) is 5.61. The number of amides is 1. The molecular formula is C13H16N2O2. The molecule has 2 rings (SSSR count). The van der Waals surface area contributed by atoms with E-state index in [9.17, 15) is 4.79 Å². The minimum atomic E-state index is -0.0292. The highest BCUT2D eigenvalue weighted by Crippen LogP contribution is 2.27. The van der Waals surface area contributed by atoms with E-state index in [1.54, 1.807) is 23.1 Å². The van der Waals surface area contributed by atoms with Crippen molar-refractivity contribution >= 4 is 11.6 Å². The van der Waals surface area contributed by atoms with E-state index in [2.05, 4.69) is 6.08 Å². The minimum Gasteiger partial charge on any atom is -0.494 e. The van der Waals surface area contributed by atoms with Gasteiger partial charge in [-0.25, -0.2) is 0 Å². The number of hydrogen-bond acceptors (Lipinski definition) is 3. The van der Waals surface area contributed by atoms with E-state index in [-0.39, 0.29) is 5.91 Å². The molecule has 4 heteroatoms. The first-order chi connectivity index (χ1) is 8.24. The second-order valence-corrected chi connectivity index (χ2v) is 3.94. The second-order valence-electron chi connectivity index (χ2n) is 3.94. The van der Waals surface area contributed by atoms with E-state index in [0.717, 1.165) is 13.0 Å². The predicted molar refractivity (Wildman–Crippen MR) is 67.1 cm³/mol. The van der Waals surface area contributed by atoms with Crippen LogP contribution in [-0.2, 0) is 0 Å². The zero-order valence-corrected chi connectivity index (χ0v) is 9.85. The maximum Gasteiger partial charge on any atom is 0.257 e. The van der Waals surface area contributed by atoms with Gasteiger partial charge in [0.25, 0.3) is 5.91 Å². The maximum absolute atomic E-state index is 12.3. The van der Waals surface area contributed by atoms with Crippen LogP contribution < -0.4 is 10.5 Å². The Balaban J connectivity index is 2.30. The number of nitrogen functional groups attached to an aromatic ring is 1. The molecule has 1 aliphatic rings. The van der Waals surface area contributed by atoms with Crippen molar-refractivity contribution in [3.8, 4) is 5.75 Å². The second kappa shape index (κ2) is 4.91. The highest BCUT2D eigenvalue weighted by molar-refractivity contribution is 5.98. The topological polar surface area (TPSA) is 55.6 Å². The SMILES string of the molecule is COc1c(N)cccc1C(=O)N1CC=CCC1. The predicted octanol–water partition coefficient (Wildman–Crippen LogP) is 1.68. The molecule has 0 atom stereocenters. The van der Waals surface area contributed by atoms with Gasteiger partial charge in [-0.15, -0.1) is 0 Å². The van der Waals surface area contributed by atoms with Crippen LogP contribution in [0.15, 0.2) is 30.4 Å². The van der Waals surface area contributed by atoms with Crippen molar-refractivity contribution in [3.63, 3.8) is 0 Å². The van der Waals surface area contributed by atoms with Crippen LogP contribution in [0.1, 0.15) is 16.8 Å². The fourth-order valence-electron chi connectivity index (χ4n) is 1.95. The van der Waals surface area contributed by atoms with Gasteiger partial charge in [-0.1, -0.05) is 18.2 Å². The molecule has 1 aromatic carbocycles. The summed E-state index contributed by atoms with van der Waals surface area (Å²) in [7, 11) is 1.53. The monoisotopic (exact) mass is 232 g/mol. The molecule has 1 aliphatic heterocycles. The van der Waals surface area contributed by atoms with Crippen LogP contribution >= 0.6 is 0 Å². The molecule has 17 heavy (non-hydrogen) atoms. The molecule has 4 nitrogen and oxygen atoms in total. The molecule has 1 heterocycles. The molecule has 0 fully saturated rings. The Morgan fingerprint density at radius 3 is 2.88 bits per heavy atom. The Kier molecular flexibility index (Phi) is 3.32. The summed E-state index contributed by atoms with van der Waals surface area (Å²) in [6.45, 7) is 1.39. The summed E-state index contributed by atoms with van der Waals surface area (Å²) in [6.07, 6.45) is 4.98. The van der Waals surface area contributed by atoms with Crippen molar-refractivity contribution in [2.45, 2.75) is 6.42 Å². The smallest absolute Gasteiger partial charge is 0.257 e. The maximum atomic E-state index is 12.3. The number of methoxy groups -OCH3 is 1. The van der Waals surface area contributed by atoms with Crippen molar-refractivity contribution in [2.24, 2.45) is 0 Å². The molecular weight excluding hydrogens is 216 g/mol. The number of nitrogens with two attached hydrogens (primary N) is 1. The molecule has 0 radical (unpaired) electrons. The molecule has 0 aliphatic carbocycles. The molecule has 0 spiro atoms. The van der Waals surface area contributed by atoms with Gasteiger partial charge >= 0.3 is 0 Å². The summed E-state index contributed by atoms with van der Waals surface area (Å²) in [5.74, 6) is 0.436. The van der Waals surface area contributed by atoms with E-state index < -0.39 is 0 Å². The number of carbonyl (C=O) groups excluding carboxylic acids is 1. The van der Waals surface area contributed by atoms with Crippen molar-refractivity contribution < 1.29 is 9.53 Å². The van der Waals surface area contributed by atoms with E-state index in [1.807, 2.05) is 6.08 Å². The van der Waals surface area contributed by atoms with E-state index in [0.29, 0.717) is 23.5 Å².